The predicted octanol–water partition coefficient (Wildman–Crippen LogP) is 3.12. The second kappa shape index (κ2) is 6.64. The van der Waals surface area contributed by atoms with Gasteiger partial charge < -0.3 is 14.5 Å². The van der Waals surface area contributed by atoms with Gasteiger partial charge in [0.05, 0.1) is 42.1 Å². The smallest absolute Gasteiger partial charge is 0.337 e. The summed E-state index contributed by atoms with van der Waals surface area (Å²) in [5, 5.41) is 7.07. The molecule has 0 aliphatic rings. The number of hydrogen-bond donors (Lipinski definition) is 1. The fraction of sp³-hybridized carbons (Fsp3) is 0.167. The van der Waals surface area contributed by atoms with Crippen LogP contribution in [-0.4, -0.2) is 28.8 Å². The van der Waals surface area contributed by atoms with Crippen LogP contribution in [0.4, 0.5) is 5.69 Å². The van der Waals surface area contributed by atoms with Crippen molar-refractivity contribution >= 4 is 17.6 Å². The summed E-state index contributed by atoms with van der Waals surface area (Å²) in [5.41, 5.74) is 2.80. The molecule has 0 saturated heterocycles. The van der Waals surface area contributed by atoms with Crippen LogP contribution in [0.15, 0.2) is 47.3 Å². The lowest BCUT2D eigenvalue weighted by Gasteiger charge is -2.12. The summed E-state index contributed by atoms with van der Waals surface area (Å²) in [5.74, 6) is -0.310. The summed E-state index contributed by atoms with van der Waals surface area (Å²) < 4.78 is 11.5. The summed E-state index contributed by atoms with van der Waals surface area (Å²) in [7, 11) is 1.31. The van der Waals surface area contributed by atoms with Crippen LogP contribution in [0.25, 0.3) is 5.69 Å². The molecule has 0 bridgehead atoms. The van der Waals surface area contributed by atoms with Gasteiger partial charge in [-0.25, -0.2) is 9.48 Å². The number of furan rings is 1. The zero-order valence-corrected chi connectivity index (χ0v) is 14.1. The maximum atomic E-state index is 12.5. The van der Waals surface area contributed by atoms with E-state index in [-0.39, 0.29) is 5.91 Å². The van der Waals surface area contributed by atoms with E-state index >= 15 is 0 Å². The van der Waals surface area contributed by atoms with Gasteiger partial charge in [0, 0.05) is 6.20 Å². The molecule has 2 aromatic heterocycles. The Bertz CT molecular complexity index is 939. The van der Waals surface area contributed by atoms with Gasteiger partial charge in [-0.05, 0) is 43.7 Å². The lowest BCUT2D eigenvalue weighted by molar-refractivity contribution is 0.0600. The molecule has 7 nitrogen and oxygen atoms in total. The molecule has 3 aromatic rings. The van der Waals surface area contributed by atoms with Gasteiger partial charge in [-0.3, -0.25) is 4.79 Å². The third-order valence-corrected chi connectivity index (χ3v) is 3.73. The molecule has 1 aromatic carbocycles. The number of nitrogens with one attached hydrogen (secondary N) is 1. The minimum Gasteiger partial charge on any atom is -0.469 e. The first-order chi connectivity index (χ1) is 12.0. The maximum absolute atomic E-state index is 12.5. The fourth-order valence-electron chi connectivity index (χ4n) is 2.44. The van der Waals surface area contributed by atoms with E-state index in [0.29, 0.717) is 28.3 Å². The number of aromatic nitrogens is 2. The van der Waals surface area contributed by atoms with Crippen molar-refractivity contribution in [2.45, 2.75) is 13.8 Å². The van der Waals surface area contributed by atoms with Gasteiger partial charge in [0.1, 0.15) is 5.76 Å². The number of carbonyl (C=O) groups is 2. The van der Waals surface area contributed by atoms with Crippen molar-refractivity contribution in [1.82, 2.24) is 9.78 Å². The molecule has 1 N–H and O–H groups in total. The average molecular weight is 339 g/mol. The topological polar surface area (TPSA) is 86.4 Å². The summed E-state index contributed by atoms with van der Waals surface area (Å²) in [6.45, 7) is 3.62. The van der Waals surface area contributed by atoms with Crippen molar-refractivity contribution in [3.05, 3.63) is 65.4 Å². The molecule has 0 aliphatic heterocycles. The Kier molecular flexibility index (Phi) is 4.38. The van der Waals surface area contributed by atoms with Crippen LogP contribution in [0.3, 0.4) is 0 Å². The molecule has 0 unspecified atom stereocenters. The Morgan fingerprint density at radius 1 is 1.24 bits per heavy atom. The Morgan fingerprint density at radius 3 is 2.64 bits per heavy atom. The lowest BCUT2D eigenvalue weighted by atomic mass is 10.1. The molecule has 0 fully saturated rings. The molecule has 25 heavy (non-hydrogen) atoms. The highest BCUT2D eigenvalue weighted by Crippen LogP contribution is 2.24. The monoisotopic (exact) mass is 339 g/mol. The third-order valence-electron chi connectivity index (χ3n) is 3.73. The number of carbonyl (C=O) groups excluding carboxylic acids is 2. The molecule has 0 atom stereocenters. The average Bonchev–Trinajstić information content (AvgIpc) is 3.22. The number of amides is 1. The normalized spacial score (nSPS) is 10.5. The van der Waals surface area contributed by atoms with Gasteiger partial charge in [-0.2, -0.15) is 5.10 Å². The molecule has 0 saturated carbocycles. The SMILES string of the molecule is COC(=O)c1ccc(-n2cc(C)cn2)c(NC(=O)c2ccoc2C)c1. The molecular weight excluding hydrogens is 322 g/mol. The zero-order chi connectivity index (χ0) is 18.0. The molecule has 0 radical (unpaired) electrons. The first-order valence-electron chi connectivity index (χ1n) is 7.59. The molecular formula is C18H17N3O4. The number of rotatable bonds is 4. The lowest BCUT2D eigenvalue weighted by Crippen LogP contribution is -2.15. The van der Waals surface area contributed by atoms with Gasteiger partial charge in [0.15, 0.2) is 0 Å². The maximum Gasteiger partial charge on any atom is 0.337 e. The second-order valence-corrected chi connectivity index (χ2v) is 5.53. The molecule has 128 valence electrons. The van der Waals surface area contributed by atoms with Gasteiger partial charge >= 0.3 is 5.97 Å². The van der Waals surface area contributed by atoms with E-state index < -0.39 is 5.97 Å². The van der Waals surface area contributed by atoms with Crippen molar-refractivity contribution in [2.75, 3.05) is 12.4 Å². The number of hydrogen-bond acceptors (Lipinski definition) is 5. The van der Waals surface area contributed by atoms with Gasteiger partial charge in [-0.15, -0.1) is 0 Å². The van der Waals surface area contributed by atoms with Crippen molar-refractivity contribution in [3.8, 4) is 5.69 Å². The number of esters is 1. The first-order valence-corrected chi connectivity index (χ1v) is 7.59. The summed E-state index contributed by atoms with van der Waals surface area (Å²) in [6.07, 6.45) is 4.98. The van der Waals surface area contributed by atoms with E-state index in [1.165, 1.54) is 13.4 Å². The minimum atomic E-state index is -0.488. The van der Waals surface area contributed by atoms with E-state index in [4.69, 9.17) is 9.15 Å². The van der Waals surface area contributed by atoms with E-state index in [1.54, 1.807) is 42.1 Å². The summed E-state index contributed by atoms with van der Waals surface area (Å²) in [4.78, 5) is 24.3. The van der Waals surface area contributed by atoms with Crippen LogP contribution in [-0.2, 0) is 4.74 Å². The van der Waals surface area contributed by atoms with Crippen molar-refractivity contribution in [3.63, 3.8) is 0 Å². The number of aryl methyl sites for hydroxylation is 2. The number of nitrogens with zero attached hydrogens (tertiary/aromatic N) is 2. The molecule has 2 heterocycles. The summed E-state index contributed by atoms with van der Waals surface area (Å²) >= 11 is 0. The molecule has 0 aliphatic carbocycles. The predicted molar refractivity (Wildman–Crippen MR) is 91.0 cm³/mol. The number of ether oxygens (including phenoxy) is 1. The Morgan fingerprint density at radius 2 is 2.04 bits per heavy atom. The Balaban J connectivity index is 2.03. The van der Waals surface area contributed by atoms with Crippen LogP contribution >= 0.6 is 0 Å². The van der Waals surface area contributed by atoms with Crippen LogP contribution < -0.4 is 5.32 Å². The molecule has 3 rings (SSSR count). The number of methoxy groups -OCH3 is 1. The van der Waals surface area contributed by atoms with Crippen LogP contribution in [0, 0.1) is 13.8 Å². The van der Waals surface area contributed by atoms with Crippen LogP contribution in [0.1, 0.15) is 32.0 Å². The molecule has 1 amide bonds. The van der Waals surface area contributed by atoms with E-state index in [9.17, 15) is 9.59 Å². The minimum absolute atomic E-state index is 0.328. The van der Waals surface area contributed by atoms with Crippen molar-refractivity contribution in [2.24, 2.45) is 0 Å². The quantitative estimate of drug-likeness (QED) is 0.738. The number of benzene rings is 1. The molecule has 0 spiro atoms. The highest BCUT2D eigenvalue weighted by Gasteiger charge is 2.17. The highest BCUT2D eigenvalue weighted by molar-refractivity contribution is 6.06. The Hall–Kier alpha value is -3.35. The third kappa shape index (κ3) is 3.30. The van der Waals surface area contributed by atoms with Gasteiger partial charge in [0.2, 0.25) is 0 Å². The van der Waals surface area contributed by atoms with Gasteiger partial charge in [0.25, 0.3) is 5.91 Å². The largest absolute Gasteiger partial charge is 0.469 e. The van der Waals surface area contributed by atoms with Crippen molar-refractivity contribution < 1.29 is 18.7 Å². The zero-order valence-electron chi connectivity index (χ0n) is 14.1. The van der Waals surface area contributed by atoms with Crippen molar-refractivity contribution in [1.29, 1.82) is 0 Å². The standard InChI is InChI=1S/C18H17N3O4/c1-11-9-19-21(10-11)16-5-4-13(18(23)24-3)8-15(16)20-17(22)14-6-7-25-12(14)2/h4-10H,1-3H3,(H,20,22). The fourth-order valence-corrected chi connectivity index (χ4v) is 2.44. The van der Waals surface area contributed by atoms with Crippen LogP contribution in [0.5, 0.6) is 0 Å². The van der Waals surface area contributed by atoms with E-state index in [0.717, 1.165) is 5.56 Å². The van der Waals surface area contributed by atoms with Crippen LogP contribution in [0.2, 0.25) is 0 Å². The number of anilines is 1. The Labute approximate surface area is 144 Å². The van der Waals surface area contributed by atoms with E-state index in [2.05, 4.69) is 10.4 Å². The van der Waals surface area contributed by atoms with Gasteiger partial charge in [-0.1, -0.05) is 0 Å². The molecule has 7 heteroatoms. The first kappa shape index (κ1) is 16.5. The highest BCUT2D eigenvalue weighted by atomic mass is 16.5. The van der Waals surface area contributed by atoms with E-state index in [1.807, 2.05) is 13.1 Å². The second-order valence-electron chi connectivity index (χ2n) is 5.53. The summed E-state index contributed by atoms with van der Waals surface area (Å²) in [6, 6.07) is 6.48.